The van der Waals surface area contributed by atoms with Crippen molar-refractivity contribution in [3.8, 4) is 5.75 Å². The minimum Gasteiger partial charge on any atom is -0.506 e. The zero-order valence-corrected chi connectivity index (χ0v) is 17.2. The van der Waals surface area contributed by atoms with E-state index in [1.54, 1.807) is 28.9 Å². The van der Waals surface area contributed by atoms with Gasteiger partial charge in [0.15, 0.2) is 0 Å². The highest BCUT2D eigenvalue weighted by Crippen LogP contribution is 2.42. The molecule has 0 spiro atoms. The summed E-state index contributed by atoms with van der Waals surface area (Å²) in [7, 11) is 0. The zero-order chi connectivity index (χ0) is 20.5. The van der Waals surface area contributed by atoms with Gasteiger partial charge in [0.1, 0.15) is 5.75 Å². The van der Waals surface area contributed by atoms with E-state index in [4.69, 9.17) is 0 Å². The molecule has 1 heterocycles. The second kappa shape index (κ2) is 8.17. The number of aliphatic hydroxyl groups excluding tert-OH is 1. The molecular weight excluding hydrogens is 364 g/mol. The van der Waals surface area contributed by atoms with E-state index in [1.165, 1.54) is 17.7 Å². The van der Waals surface area contributed by atoms with Crippen LogP contribution < -0.4 is 10.9 Å². The number of fused-ring (bicyclic) bond motifs is 1. The number of benzene rings is 1. The molecular formula is C24H30N2O3. The van der Waals surface area contributed by atoms with E-state index >= 15 is 0 Å². The third-order valence-electron chi connectivity index (χ3n) is 6.62. The molecule has 4 rings (SSSR count). The fourth-order valence-corrected chi connectivity index (χ4v) is 4.98. The molecule has 2 aliphatic carbocycles. The summed E-state index contributed by atoms with van der Waals surface area (Å²) >= 11 is 0. The summed E-state index contributed by atoms with van der Waals surface area (Å²) in [4.78, 5) is 14.3. The number of aromatic hydroxyl groups is 1. The van der Waals surface area contributed by atoms with Crippen molar-refractivity contribution in [2.24, 2.45) is 0 Å². The van der Waals surface area contributed by atoms with E-state index in [9.17, 15) is 15.0 Å². The summed E-state index contributed by atoms with van der Waals surface area (Å²) in [5, 5.41) is 25.2. The SMILES string of the molecule is CCC1=C(CC)CC2=C(CCC2NCC(O)c2ccc(O)c3[nH]c(=O)ccc23)C1. The van der Waals surface area contributed by atoms with Crippen molar-refractivity contribution < 1.29 is 10.2 Å². The van der Waals surface area contributed by atoms with Crippen LogP contribution in [-0.4, -0.2) is 27.8 Å². The molecule has 29 heavy (non-hydrogen) atoms. The maximum atomic E-state index is 11.6. The predicted molar refractivity (Wildman–Crippen MR) is 116 cm³/mol. The Labute approximate surface area is 171 Å². The van der Waals surface area contributed by atoms with E-state index in [-0.39, 0.29) is 11.3 Å². The molecule has 2 atom stereocenters. The molecule has 0 amide bonds. The summed E-state index contributed by atoms with van der Waals surface area (Å²) in [6.07, 6.45) is 5.99. The van der Waals surface area contributed by atoms with Crippen LogP contribution in [0.5, 0.6) is 5.75 Å². The molecule has 0 bridgehead atoms. The van der Waals surface area contributed by atoms with Crippen LogP contribution in [0.15, 0.2) is 51.4 Å². The number of phenols is 1. The van der Waals surface area contributed by atoms with E-state index in [0.717, 1.165) is 38.5 Å². The number of nitrogens with one attached hydrogen (secondary N) is 2. The lowest BCUT2D eigenvalue weighted by Crippen LogP contribution is -2.33. The van der Waals surface area contributed by atoms with Gasteiger partial charge in [-0.15, -0.1) is 0 Å². The van der Waals surface area contributed by atoms with E-state index < -0.39 is 6.10 Å². The number of aromatic nitrogens is 1. The summed E-state index contributed by atoms with van der Waals surface area (Å²) < 4.78 is 0. The average molecular weight is 395 g/mol. The van der Waals surface area contributed by atoms with Gasteiger partial charge in [0.2, 0.25) is 5.56 Å². The fourth-order valence-electron chi connectivity index (χ4n) is 4.98. The molecule has 4 N–H and O–H groups in total. The number of hydrogen-bond donors (Lipinski definition) is 4. The van der Waals surface area contributed by atoms with Gasteiger partial charge in [-0.1, -0.05) is 36.6 Å². The van der Waals surface area contributed by atoms with Crippen molar-refractivity contribution in [3.63, 3.8) is 0 Å². The Morgan fingerprint density at radius 3 is 2.66 bits per heavy atom. The zero-order valence-electron chi connectivity index (χ0n) is 17.2. The summed E-state index contributed by atoms with van der Waals surface area (Å²) in [5.41, 5.74) is 7.15. The maximum Gasteiger partial charge on any atom is 0.248 e. The number of rotatable bonds is 6. The monoisotopic (exact) mass is 394 g/mol. The van der Waals surface area contributed by atoms with Gasteiger partial charge in [-0.3, -0.25) is 4.79 Å². The van der Waals surface area contributed by atoms with Gasteiger partial charge in [0, 0.05) is 24.0 Å². The Hall–Kier alpha value is -2.37. The van der Waals surface area contributed by atoms with Gasteiger partial charge in [-0.25, -0.2) is 0 Å². The van der Waals surface area contributed by atoms with Crippen LogP contribution in [0.2, 0.25) is 0 Å². The minimum absolute atomic E-state index is 0.0139. The lowest BCUT2D eigenvalue weighted by molar-refractivity contribution is 0.173. The second-order valence-electron chi connectivity index (χ2n) is 8.20. The van der Waals surface area contributed by atoms with Crippen molar-refractivity contribution in [1.82, 2.24) is 10.3 Å². The van der Waals surface area contributed by atoms with Crippen LogP contribution in [0.3, 0.4) is 0 Å². The third-order valence-corrected chi connectivity index (χ3v) is 6.62. The largest absolute Gasteiger partial charge is 0.506 e. The molecule has 0 radical (unpaired) electrons. The smallest absolute Gasteiger partial charge is 0.248 e. The Kier molecular flexibility index (Phi) is 5.61. The number of aromatic amines is 1. The van der Waals surface area contributed by atoms with Crippen molar-refractivity contribution in [2.75, 3.05) is 6.54 Å². The van der Waals surface area contributed by atoms with Gasteiger partial charge < -0.3 is 20.5 Å². The molecule has 154 valence electrons. The Morgan fingerprint density at radius 1 is 1.14 bits per heavy atom. The van der Waals surface area contributed by atoms with Crippen LogP contribution in [0.25, 0.3) is 10.9 Å². The highest BCUT2D eigenvalue weighted by molar-refractivity contribution is 5.87. The number of hydrogen-bond acceptors (Lipinski definition) is 4. The molecule has 1 aromatic carbocycles. The van der Waals surface area contributed by atoms with Crippen LogP contribution in [0.4, 0.5) is 0 Å². The molecule has 2 aliphatic rings. The van der Waals surface area contributed by atoms with Gasteiger partial charge in [-0.05, 0) is 61.8 Å². The van der Waals surface area contributed by atoms with E-state index in [1.807, 2.05) is 0 Å². The van der Waals surface area contributed by atoms with Crippen LogP contribution in [0.1, 0.15) is 64.0 Å². The van der Waals surface area contributed by atoms with Crippen molar-refractivity contribution in [3.05, 3.63) is 62.5 Å². The topological polar surface area (TPSA) is 85.3 Å². The molecule has 2 aromatic rings. The molecule has 2 unspecified atom stereocenters. The maximum absolute atomic E-state index is 11.6. The molecule has 5 heteroatoms. The predicted octanol–water partition coefficient (Wildman–Crippen LogP) is 4.23. The first kappa shape index (κ1) is 19.9. The van der Waals surface area contributed by atoms with Crippen LogP contribution in [0, 0.1) is 0 Å². The molecule has 1 aromatic heterocycles. The number of phenolic OH excluding ortho intramolecular Hbond substituents is 1. The second-order valence-corrected chi connectivity index (χ2v) is 8.20. The van der Waals surface area contributed by atoms with Gasteiger partial charge in [0.05, 0.1) is 11.6 Å². The lowest BCUT2D eigenvalue weighted by Gasteiger charge is -2.26. The number of pyridine rings is 1. The normalized spacial score (nSPS) is 20.4. The van der Waals surface area contributed by atoms with Crippen molar-refractivity contribution >= 4 is 10.9 Å². The van der Waals surface area contributed by atoms with E-state index in [2.05, 4.69) is 24.1 Å². The first-order chi connectivity index (χ1) is 14.0. The Bertz CT molecular complexity index is 1050. The summed E-state index contributed by atoms with van der Waals surface area (Å²) in [6, 6.07) is 6.66. The quantitative estimate of drug-likeness (QED) is 0.553. The minimum atomic E-state index is -0.718. The highest BCUT2D eigenvalue weighted by Gasteiger charge is 2.30. The molecule has 0 aliphatic heterocycles. The van der Waals surface area contributed by atoms with E-state index in [0.29, 0.717) is 29.1 Å². The number of H-pyrrole nitrogens is 1. The standard InChI is InChI=1S/C24H30N2O3/c1-3-14-11-16-5-8-20(19(16)12-15(14)4-2)25-13-22(28)17-6-9-21(27)24-18(17)7-10-23(29)26-24/h6-7,9-10,20,22,25,27-28H,3-5,8,11-13H2,1-2H3,(H,26,29). The molecule has 0 fully saturated rings. The average Bonchev–Trinajstić information content (AvgIpc) is 3.13. The molecule has 5 nitrogen and oxygen atoms in total. The van der Waals surface area contributed by atoms with Crippen molar-refractivity contribution in [2.45, 2.75) is 64.5 Å². The first-order valence-corrected chi connectivity index (χ1v) is 10.7. The molecule has 0 saturated heterocycles. The van der Waals surface area contributed by atoms with Gasteiger partial charge >= 0.3 is 0 Å². The Balaban J connectivity index is 1.49. The lowest BCUT2D eigenvalue weighted by atomic mass is 9.84. The Morgan fingerprint density at radius 2 is 1.90 bits per heavy atom. The fraction of sp³-hybridized carbons (Fsp3) is 0.458. The first-order valence-electron chi connectivity index (χ1n) is 10.7. The third kappa shape index (κ3) is 3.77. The van der Waals surface area contributed by atoms with Gasteiger partial charge in [0.25, 0.3) is 0 Å². The highest BCUT2D eigenvalue weighted by atomic mass is 16.3. The number of allylic oxidation sites excluding steroid dienone is 3. The summed E-state index contributed by atoms with van der Waals surface area (Å²) in [6.45, 7) is 4.94. The van der Waals surface area contributed by atoms with Gasteiger partial charge in [-0.2, -0.15) is 0 Å². The molecule has 0 saturated carbocycles. The van der Waals surface area contributed by atoms with Crippen LogP contribution in [-0.2, 0) is 0 Å². The summed E-state index contributed by atoms with van der Waals surface area (Å²) in [5.74, 6) is 0.0139. The number of aliphatic hydroxyl groups is 1. The van der Waals surface area contributed by atoms with Crippen molar-refractivity contribution in [1.29, 1.82) is 0 Å². The van der Waals surface area contributed by atoms with Crippen LogP contribution >= 0.6 is 0 Å².